The summed E-state index contributed by atoms with van der Waals surface area (Å²) in [5.41, 5.74) is 0.616. The van der Waals surface area contributed by atoms with E-state index in [4.69, 9.17) is 11.6 Å². The molecule has 1 fully saturated rings. The van der Waals surface area contributed by atoms with Gasteiger partial charge < -0.3 is 20.0 Å². The number of amides is 1. The number of hydrogen-bond acceptors (Lipinski definition) is 5. The third kappa shape index (κ3) is 4.53. The number of nitrogens with zero attached hydrogens (tertiary/aromatic N) is 2. The first-order chi connectivity index (χ1) is 14.2. The van der Waals surface area contributed by atoms with Crippen LogP contribution in [-0.2, 0) is 9.59 Å². The normalized spacial score (nSPS) is 18.4. The molecule has 0 aromatic heterocycles. The molecule has 8 heteroatoms. The Bertz CT molecular complexity index is 1020. The number of carbonyl (C=O) groups excluding carboxylic acids is 2. The van der Waals surface area contributed by atoms with Gasteiger partial charge in [-0.25, -0.2) is 0 Å². The maximum absolute atomic E-state index is 12.9. The van der Waals surface area contributed by atoms with Crippen molar-refractivity contribution in [3.8, 4) is 5.75 Å². The summed E-state index contributed by atoms with van der Waals surface area (Å²) in [5.74, 6) is -2.15. The first-order valence-corrected chi connectivity index (χ1v) is 10.5. The van der Waals surface area contributed by atoms with Gasteiger partial charge in [-0.2, -0.15) is 0 Å². The fraction of sp³-hybridized carbons (Fsp3) is 0.273. The number of halogens is 2. The highest BCUT2D eigenvalue weighted by Gasteiger charge is 2.46. The standard InChI is InChI=1S/C22H22BrClN2O4/c1-25(2)9-4-10-26-19(13-5-3-6-14(23)11-13)18(21(29)22(26)30)20(28)16-12-15(24)7-8-17(16)27/h3,5-8,11-12,19,27-28H,4,9-10H2,1-2H3. The van der Waals surface area contributed by atoms with Gasteiger partial charge in [0, 0.05) is 16.0 Å². The molecule has 0 bridgehead atoms. The first-order valence-electron chi connectivity index (χ1n) is 9.38. The molecule has 0 radical (unpaired) electrons. The highest BCUT2D eigenvalue weighted by Crippen LogP contribution is 2.41. The van der Waals surface area contributed by atoms with Crippen molar-refractivity contribution in [2.24, 2.45) is 0 Å². The maximum Gasteiger partial charge on any atom is 0.295 e. The van der Waals surface area contributed by atoms with Gasteiger partial charge in [0.15, 0.2) is 0 Å². The minimum absolute atomic E-state index is 0.00814. The Morgan fingerprint density at radius 1 is 1.20 bits per heavy atom. The lowest BCUT2D eigenvalue weighted by Gasteiger charge is -2.26. The van der Waals surface area contributed by atoms with Gasteiger partial charge in [0.25, 0.3) is 11.7 Å². The average molecular weight is 494 g/mol. The maximum atomic E-state index is 12.9. The van der Waals surface area contributed by atoms with Crippen molar-refractivity contribution < 1.29 is 19.8 Å². The van der Waals surface area contributed by atoms with Gasteiger partial charge in [-0.05, 0) is 63.0 Å². The predicted octanol–water partition coefficient (Wildman–Crippen LogP) is 4.18. The predicted molar refractivity (Wildman–Crippen MR) is 119 cm³/mol. The van der Waals surface area contributed by atoms with E-state index >= 15 is 0 Å². The topological polar surface area (TPSA) is 81.1 Å². The summed E-state index contributed by atoms with van der Waals surface area (Å²) in [6, 6.07) is 10.6. The number of ketones is 1. The zero-order valence-electron chi connectivity index (χ0n) is 16.6. The Kier molecular flexibility index (Phi) is 6.85. The lowest BCUT2D eigenvalue weighted by molar-refractivity contribution is -0.139. The van der Waals surface area contributed by atoms with Crippen LogP contribution >= 0.6 is 27.5 Å². The number of carbonyl (C=O) groups is 2. The fourth-order valence-electron chi connectivity index (χ4n) is 3.53. The molecule has 0 aliphatic carbocycles. The molecule has 6 nitrogen and oxygen atoms in total. The second-order valence-corrected chi connectivity index (χ2v) is 8.72. The van der Waals surface area contributed by atoms with Crippen LogP contribution in [0.4, 0.5) is 0 Å². The molecule has 158 valence electrons. The van der Waals surface area contributed by atoms with Crippen LogP contribution in [0.2, 0.25) is 5.02 Å². The second-order valence-electron chi connectivity index (χ2n) is 7.37. The second kappa shape index (κ2) is 9.20. The van der Waals surface area contributed by atoms with Gasteiger partial charge in [0.2, 0.25) is 0 Å². The van der Waals surface area contributed by atoms with Crippen LogP contribution in [0.15, 0.2) is 52.5 Å². The van der Waals surface area contributed by atoms with Crippen molar-refractivity contribution in [3.05, 3.63) is 68.7 Å². The van der Waals surface area contributed by atoms with E-state index in [1.165, 1.54) is 23.1 Å². The Balaban J connectivity index is 2.15. The van der Waals surface area contributed by atoms with E-state index in [1.54, 1.807) is 18.2 Å². The molecular formula is C22H22BrClN2O4. The largest absolute Gasteiger partial charge is 0.507 e. The van der Waals surface area contributed by atoms with Crippen LogP contribution in [0.3, 0.4) is 0 Å². The number of hydrogen-bond donors (Lipinski definition) is 2. The molecule has 2 aromatic rings. The number of benzene rings is 2. The number of aliphatic hydroxyl groups is 1. The fourth-order valence-corrected chi connectivity index (χ4v) is 4.12. The van der Waals surface area contributed by atoms with E-state index in [-0.39, 0.29) is 21.9 Å². The summed E-state index contributed by atoms with van der Waals surface area (Å²) < 4.78 is 0.782. The Hall–Kier alpha value is -2.35. The summed E-state index contributed by atoms with van der Waals surface area (Å²) in [5, 5.41) is 21.5. The van der Waals surface area contributed by atoms with Crippen LogP contribution in [0, 0.1) is 0 Å². The van der Waals surface area contributed by atoms with Crippen molar-refractivity contribution in [2.45, 2.75) is 12.5 Å². The molecule has 0 spiro atoms. The molecule has 1 aliphatic heterocycles. The van der Waals surface area contributed by atoms with Crippen LogP contribution in [0.1, 0.15) is 23.6 Å². The molecule has 1 atom stereocenters. The summed E-state index contributed by atoms with van der Waals surface area (Å²) in [7, 11) is 3.86. The van der Waals surface area contributed by atoms with Crippen LogP contribution in [-0.4, -0.2) is 58.9 Å². The number of aliphatic hydroxyl groups excluding tert-OH is 1. The minimum Gasteiger partial charge on any atom is -0.507 e. The highest BCUT2D eigenvalue weighted by atomic mass is 79.9. The third-order valence-electron chi connectivity index (χ3n) is 4.92. The van der Waals surface area contributed by atoms with Crippen molar-refractivity contribution in [2.75, 3.05) is 27.2 Å². The molecule has 1 saturated heterocycles. The van der Waals surface area contributed by atoms with Gasteiger partial charge in [0.1, 0.15) is 11.5 Å². The smallest absolute Gasteiger partial charge is 0.295 e. The number of likely N-dealkylation sites (tertiary alicyclic amines) is 1. The summed E-state index contributed by atoms with van der Waals surface area (Å²) in [6.07, 6.45) is 0.660. The van der Waals surface area contributed by atoms with E-state index in [9.17, 15) is 19.8 Å². The molecule has 0 saturated carbocycles. The Morgan fingerprint density at radius 2 is 1.93 bits per heavy atom. The van der Waals surface area contributed by atoms with Crippen molar-refractivity contribution >= 4 is 45.0 Å². The highest BCUT2D eigenvalue weighted by molar-refractivity contribution is 9.10. The van der Waals surface area contributed by atoms with E-state index in [0.29, 0.717) is 18.5 Å². The van der Waals surface area contributed by atoms with E-state index in [2.05, 4.69) is 15.9 Å². The minimum atomic E-state index is -0.790. The molecule has 3 rings (SSSR count). The first kappa shape index (κ1) is 22.3. The monoisotopic (exact) mass is 492 g/mol. The van der Waals surface area contributed by atoms with Gasteiger partial charge in [-0.1, -0.05) is 39.7 Å². The summed E-state index contributed by atoms with van der Waals surface area (Å²) >= 11 is 9.44. The zero-order valence-corrected chi connectivity index (χ0v) is 18.9. The number of rotatable bonds is 6. The van der Waals surface area contributed by atoms with Crippen molar-refractivity contribution in [3.63, 3.8) is 0 Å². The average Bonchev–Trinajstić information content (AvgIpc) is 2.94. The lowest BCUT2D eigenvalue weighted by atomic mass is 9.95. The molecule has 1 amide bonds. The van der Waals surface area contributed by atoms with Crippen LogP contribution in [0.25, 0.3) is 5.76 Å². The number of Topliss-reactive ketones (excluding diaryl/α,β-unsaturated/α-hetero) is 1. The molecular weight excluding hydrogens is 472 g/mol. The molecule has 1 heterocycles. The number of phenolic OH excluding ortho intramolecular Hbond substituents is 1. The third-order valence-corrected chi connectivity index (χ3v) is 5.65. The van der Waals surface area contributed by atoms with E-state index in [0.717, 1.165) is 11.0 Å². The molecule has 1 unspecified atom stereocenters. The SMILES string of the molecule is CN(C)CCCN1C(=O)C(=O)C(=C(O)c2cc(Cl)ccc2O)C1c1cccc(Br)c1. The summed E-state index contributed by atoms with van der Waals surface area (Å²) in [4.78, 5) is 29.3. The van der Waals surface area contributed by atoms with Crippen LogP contribution in [0.5, 0.6) is 5.75 Å². The van der Waals surface area contributed by atoms with Crippen molar-refractivity contribution in [1.29, 1.82) is 0 Å². The van der Waals surface area contributed by atoms with E-state index in [1.807, 2.05) is 25.1 Å². The molecule has 30 heavy (non-hydrogen) atoms. The van der Waals surface area contributed by atoms with Gasteiger partial charge >= 0.3 is 0 Å². The molecule has 1 aliphatic rings. The molecule has 2 aromatic carbocycles. The van der Waals surface area contributed by atoms with Crippen molar-refractivity contribution in [1.82, 2.24) is 9.80 Å². The lowest BCUT2D eigenvalue weighted by Crippen LogP contribution is -2.32. The van der Waals surface area contributed by atoms with Gasteiger partial charge in [0.05, 0.1) is 17.2 Å². The quantitative estimate of drug-likeness (QED) is 0.358. The van der Waals surface area contributed by atoms with Gasteiger partial charge in [-0.3, -0.25) is 9.59 Å². The van der Waals surface area contributed by atoms with E-state index < -0.39 is 23.5 Å². The summed E-state index contributed by atoms with van der Waals surface area (Å²) in [6.45, 7) is 1.08. The zero-order chi connectivity index (χ0) is 22.0. The molecule has 2 N–H and O–H groups in total. The van der Waals surface area contributed by atoms with Gasteiger partial charge in [-0.15, -0.1) is 0 Å². The number of aromatic hydroxyl groups is 1. The van der Waals surface area contributed by atoms with Crippen LogP contribution < -0.4 is 0 Å². The number of phenols is 1. The Morgan fingerprint density at radius 3 is 2.60 bits per heavy atom. The Labute approximate surface area is 188 Å².